The number of rotatable bonds is 4. The Hall–Kier alpha value is -0.860. The van der Waals surface area contributed by atoms with Crippen LogP contribution in [-0.4, -0.2) is 23.5 Å². The maximum absolute atomic E-state index is 6.07. The lowest BCUT2D eigenvalue weighted by Gasteiger charge is -2.38. The van der Waals surface area contributed by atoms with Gasteiger partial charge in [-0.1, -0.05) is 24.3 Å². The maximum Gasteiger partial charge on any atom is 0.0475 e. The first kappa shape index (κ1) is 13.1. The van der Waals surface area contributed by atoms with E-state index in [0.717, 1.165) is 5.92 Å². The summed E-state index contributed by atoms with van der Waals surface area (Å²) in [6, 6.07) is 9.63. The number of likely N-dealkylation sites (tertiary alicyclic amines) is 1. The molecule has 1 heterocycles. The zero-order valence-corrected chi connectivity index (χ0v) is 12.2. The second-order valence-electron chi connectivity index (χ2n) is 6.80. The van der Waals surface area contributed by atoms with Gasteiger partial charge in [0.25, 0.3) is 0 Å². The average Bonchev–Trinajstić information content (AvgIpc) is 3.18. The third kappa shape index (κ3) is 2.56. The van der Waals surface area contributed by atoms with E-state index in [2.05, 4.69) is 43.0 Å². The minimum atomic E-state index is 0.291. The lowest BCUT2D eigenvalue weighted by atomic mass is 9.96. The van der Waals surface area contributed by atoms with Gasteiger partial charge < -0.3 is 5.73 Å². The first-order valence-corrected chi connectivity index (χ1v) is 7.68. The third-order valence-corrected chi connectivity index (χ3v) is 4.93. The summed E-state index contributed by atoms with van der Waals surface area (Å²) in [5.41, 5.74) is 9.27. The first-order chi connectivity index (χ1) is 9.12. The number of nitrogens with two attached hydrogens (primary N) is 1. The van der Waals surface area contributed by atoms with Crippen LogP contribution in [0.25, 0.3) is 0 Å². The van der Waals surface area contributed by atoms with E-state index in [1.165, 1.54) is 43.4 Å². The highest BCUT2D eigenvalue weighted by Gasteiger charge is 2.36. The standard InChI is InChI=1S/C17H26N2/c1-17(2)10-3-11-19(17)16(12-18)15-8-6-14(7-9-15)13-4-5-13/h6-9,13,16H,3-5,10-12,18H2,1-2H3. The van der Waals surface area contributed by atoms with Crippen molar-refractivity contribution in [3.8, 4) is 0 Å². The fourth-order valence-corrected chi connectivity index (χ4v) is 3.56. The van der Waals surface area contributed by atoms with Gasteiger partial charge in [0.1, 0.15) is 0 Å². The van der Waals surface area contributed by atoms with Crippen molar-refractivity contribution in [1.82, 2.24) is 4.90 Å². The molecule has 3 rings (SSSR count). The van der Waals surface area contributed by atoms with Gasteiger partial charge in [-0.05, 0) is 63.1 Å². The van der Waals surface area contributed by atoms with Gasteiger partial charge >= 0.3 is 0 Å². The molecule has 1 aliphatic carbocycles. The van der Waals surface area contributed by atoms with Gasteiger partial charge in [-0.3, -0.25) is 4.90 Å². The molecule has 1 aromatic carbocycles. The summed E-state index contributed by atoms with van der Waals surface area (Å²) in [6.07, 6.45) is 5.32. The molecule has 104 valence electrons. The van der Waals surface area contributed by atoms with Gasteiger partial charge in [0.05, 0.1) is 0 Å². The molecule has 0 radical (unpaired) electrons. The minimum Gasteiger partial charge on any atom is -0.329 e. The third-order valence-electron chi connectivity index (χ3n) is 4.93. The summed E-state index contributed by atoms with van der Waals surface area (Å²) in [5.74, 6) is 0.841. The van der Waals surface area contributed by atoms with Crippen LogP contribution >= 0.6 is 0 Å². The fraction of sp³-hybridized carbons (Fsp3) is 0.647. The van der Waals surface area contributed by atoms with Gasteiger partial charge in [0.15, 0.2) is 0 Å². The van der Waals surface area contributed by atoms with E-state index in [-0.39, 0.29) is 0 Å². The summed E-state index contributed by atoms with van der Waals surface area (Å²) in [5, 5.41) is 0. The Labute approximate surface area is 117 Å². The molecule has 2 heteroatoms. The van der Waals surface area contributed by atoms with Crippen LogP contribution in [-0.2, 0) is 0 Å². The van der Waals surface area contributed by atoms with E-state index < -0.39 is 0 Å². The molecule has 0 amide bonds. The second kappa shape index (κ2) is 4.92. The van der Waals surface area contributed by atoms with Crippen LogP contribution in [0.2, 0.25) is 0 Å². The van der Waals surface area contributed by atoms with Crippen LogP contribution in [0.15, 0.2) is 24.3 Å². The molecule has 1 unspecified atom stereocenters. The average molecular weight is 258 g/mol. The number of benzene rings is 1. The second-order valence-corrected chi connectivity index (χ2v) is 6.80. The molecule has 2 fully saturated rings. The Morgan fingerprint density at radius 3 is 2.42 bits per heavy atom. The molecule has 0 aromatic heterocycles. The quantitative estimate of drug-likeness (QED) is 0.896. The molecule has 1 saturated carbocycles. The van der Waals surface area contributed by atoms with Gasteiger partial charge in [0.2, 0.25) is 0 Å². The van der Waals surface area contributed by atoms with Crippen LogP contribution in [0.5, 0.6) is 0 Å². The molecule has 1 aromatic rings. The van der Waals surface area contributed by atoms with Crippen molar-refractivity contribution in [2.75, 3.05) is 13.1 Å². The first-order valence-electron chi connectivity index (χ1n) is 7.68. The largest absolute Gasteiger partial charge is 0.329 e. The Morgan fingerprint density at radius 1 is 1.26 bits per heavy atom. The zero-order chi connectivity index (χ0) is 13.5. The highest BCUT2D eigenvalue weighted by Crippen LogP contribution is 2.41. The summed E-state index contributed by atoms with van der Waals surface area (Å²) in [4.78, 5) is 2.60. The van der Waals surface area contributed by atoms with Crippen molar-refractivity contribution in [3.63, 3.8) is 0 Å². The zero-order valence-electron chi connectivity index (χ0n) is 12.2. The lowest BCUT2D eigenvalue weighted by Crippen LogP contribution is -2.43. The molecular formula is C17H26N2. The highest BCUT2D eigenvalue weighted by atomic mass is 15.2. The van der Waals surface area contributed by atoms with E-state index in [1.54, 1.807) is 0 Å². The summed E-state index contributed by atoms with van der Waals surface area (Å²) < 4.78 is 0. The van der Waals surface area contributed by atoms with Crippen LogP contribution in [0.1, 0.15) is 62.6 Å². The summed E-state index contributed by atoms with van der Waals surface area (Å²) in [7, 11) is 0. The molecule has 1 aliphatic heterocycles. The van der Waals surface area contributed by atoms with E-state index in [4.69, 9.17) is 5.73 Å². The van der Waals surface area contributed by atoms with Crippen LogP contribution in [0.3, 0.4) is 0 Å². The molecule has 2 aliphatic rings. The van der Waals surface area contributed by atoms with E-state index in [9.17, 15) is 0 Å². The van der Waals surface area contributed by atoms with Gasteiger partial charge in [0, 0.05) is 18.1 Å². The Balaban J connectivity index is 1.81. The Morgan fingerprint density at radius 2 is 1.95 bits per heavy atom. The van der Waals surface area contributed by atoms with Gasteiger partial charge in [-0.2, -0.15) is 0 Å². The van der Waals surface area contributed by atoms with Crippen LogP contribution in [0.4, 0.5) is 0 Å². The smallest absolute Gasteiger partial charge is 0.0475 e. The fourth-order valence-electron chi connectivity index (χ4n) is 3.56. The molecule has 1 atom stereocenters. The highest BCUT2D eigenvalue weighted by molar-refractivity contribution is 5.30. The molecule has 0 bridgehead atoms. The predicted molar refractivity (Wildman–Crippen MR) is 80.2 cm³/mol. The van der Waals surface area contributed by atoms with Crippen molar-refractivity contribution in [2.24, 2.45) is 5.73 Å². The topological polar surface area (TPSA) is 29.3 Å². The van der Waals surface area contributed by atoms with E-state index in [1.807, 2.05) is 0 Å². The van der Waals surface area contributed by atoms with Crippen molar-refractivity contribution in [2.45, 2.75) is 57.0 Å². The number of hydrogen-bond acceptors (Lipinski definition) is 2. The van der Waals surface area contributed by atoms with Gasteiger partial charge in [-0.15, -0.1) is 0 Å². The molecule has 19 heavy (non-hydrogen) atoms. The molecule has 2 nitrogen and oxygen atoms in total. The molecule has 2 N–H and O–H groups in total. The predicted octanol–water partition coefficient (Wildman–Crippen LogP) is 3.44. The normalized spacial score (nSPS) is 24.6. The summed E-state index contributed by atoms with van der Waals surface area (Å²) in [6.45, 7) is 6.59. The van der Waals surface area contributed by atoms with Gasteiger partial charge in [-0.25, -0.2) is 0 Å². The Bertz CT molecular complexity index is 431. The van der Waals surface area contributed by atoms with E-state index >= 15 is 0 Å². The van der Waals surface area contributed by atoms with Crippen molar-refractivity contribution in [3.05, 3.63) is 35.4 Å². The van der Waals surface area contributed by atoms with E-state index in [0.29, 0.717) is 18.1 Å². The monoisotopic (exact) mass is 258 g/mol. The Kier molecular flexibility index (Phi) is 3.40. The number of nitrogens with zero attached hydrogens (tertiary/aromatic N) is 1. The minimum absolute atomic E-state index is 0.291. The van der Waals surface area contributed by atoms with Crippen molar-refractivity contribution in [1.29, 1.82) is 0 Å². The SMILES string of the molecule is CC1(C)CCCN1C(CN)c1ccc(C2CC2)cc1. The molecule has 1 saturated heterocycles. The van der Waals surface area contributed by atoms with Crippen LogP contribution < -0.4 is 5.73 Å². The maximum atomic E-state index is 6.07. The van der Waals surface area contributed by atoms with Crippen molar-refractivity contribution < 1.29 is 0 Å². The molecular weight excluding hydrogens is 232 g/mol. The lowest BCUT2D eigenvalue weighted by molar-refractivity contribution is 0.119. The summed E-state index contributed by atoms with van der Waals surface area (Å²) >= 11 is 0. The number of hydrogen-bond donors (Lipinski definition) is 1. The van der Waals surface area contributed by atoms with Crippen LogP contribution in [0, 0.1) is 0 Å². The van der Waals surface area contributed by atoms with Crippen molar-refractivity contribution >= 4 is 0 Å². The molecule has 0 spiro atoms.